The average molecular weight is 244 g/mol. The molecule has 0 heterocycles. The molecule has 0 aliphatic rings. The first-order chi connectivity index (χ1) is 5.76. The molecule has 0 unspecified atom stereocenters. The molecule has 1 aromatic carbocycles. The lowest BCUT2D eigenvalue weighted by Crippen LogP contribution is -1.79. The van der Waals surface area contributed by atoms with E-state index in [4.69, 9.17) is 0 Å². The van der Waals surface area contributed by atoms with E-state index in [2.05, 4.69) is 40.0 Å². The predicted molar refractivity (Wildman–Crippen MR) is 60.6 cm³/mol. The number of rotatable bonds is 3. The summed E-state index contributed by atoms with van der Waals surface area (Å²) in [5.41, 5.74) is 2.20. The van der Waals surface area contributed by atoms with E-state index in [0.29, 0.717) is 0 Å². The van der Waals surface area contributed by atoms with Crippen molar-refractivity contribution >= 4 is 40.1 Å². The van der Waals surface area contributed by atoms with E-state index in [1.807, 2.05) is 12.1 Å². The van der Waals surface area contributed by atoms with Gasteiger partial charge in [-0.05, 0) is 36.7 Å². The van der Waals surface area contributed by atoms with Crippen LogP contribution in [0, 0.1) is 0 Å². The molecular weight excluding hydrogens is 234 g/mol. The van der Waals surface area contributed by atoms with Crippen molar-refractivity contribution in [2.24, 2.45) is 4.99 Å². The molecule has 1 nitrogen and oxygen atoms in total. The highest BCUT2D eigenvalue weighted by molar-refractivity contribution is 9.10. The molecule has 64 valence electrons. The molecule has 0 aliphatic heterocycles. The third-order valence-electron chi connectivity index (χ3n) is 1.44. The van der Waals surface area contributed by atoms with E-state index >= 15 is 0 Å². The summed E-state index contributed by atoms with van der Waals surface area (Å²) in [7, 11) is 0. The van der Waals surface area contributed by atoms with Crippen LogP contribution in [0.15, 0.2) is 27.7 Å². The van der Waals surface area contributed by atoms with Gasteiger partial charge in [0.05, 0.1) is 5.69 Å². The summed E-state index contributed by atoms with van der Waals surface area (Å²) in [5.74, 6) is 1.02. The Balaban J connectivity index is 2.97. The SMILES string of the molecule is C=Nc1cc(Br)cc(CSC)c1. The summed E-state index contributed by atoms with van der Waals surface area (Å²) in [4.78, 5) is 3.89. The third kappa shape index (κ3) is 2.64. The topological polar surface area (TPSA) is 12.4 Å². The highest BCUT2D eigenvalue weighted by Crippen LogP contribution is 2.23. The maximum atomic E-state index is 3.89. The molecule has 0 saturated carbocycles. The lowest BCUT2D eigenvalue weighted by atomic mass is 10.2. The van der Waals surface area contributed by atoms with Gasteiger partial charge in [0, 0.05) is 10.2 Å². The van der Waals surface area contributed by atoms with Gasteiger partial charge in [0.25, 0.3) is 0 Å². The van der Waals surface area contributed by atoms with Gasteiger partial charge in [0.15, 0.2) is 0 Å². The highest BCUT2D eigenvalue weighted by Gasteiger charge is 1.96. The first kappa shape index (κ1) is 9.81. The second kappa shape index (κ2) is 4.67. The van der Waals surface area contributed by atoms with Crippen molar-refractivity contribution in [3.8, 4) is 0 Å². The Morgan fingerprint density at radius 3 is 2.83 bits per heavy atom. The summed E-state index contributed by atoms with van der Waals surface area (Å²) in [5, 5.41) is 0. The minimum Gasteiger partial charge on any atom is -0.265 e. The summed E-state index contributed by atoms with van der Waals surface area (Å²) in [6.45, 7) is 3.50. The first-order valence-electron chi connectivity index (χ1n) is 3.51. The van der Waals surface area contributed by atoms with Crippen LogP contribution in [0.2, 0.25) is 0 Å². The first-order valence-corrected chi connectivity index (χ1v) is 5.70. The van der Waals surface area contributed by atoms with E-state index < -0.39 is 0 Å². The van der Waals surface area contributed by atoms with Crippen LogP contribution in [-0.4, -0.2) is 13.0 Å². The third-order valence-corrected chi connectivity index (χ3v) is 2.52. The quantitative estimate of drug-likeness (QED) is 0.739. The van der Waals surface area contributed by atoms with E-state index in [9.17, 15) is 0 Å². The Morgan fingerprint density at radius 1 is 1.50 bits per heavy atom. The van der Waals surface area contributed by atoms with Crippen molar-refractivity contribution in [1.29, 1.82) is 0 Å². The predicted octanol–water partition coefficient (Wildman–Crippen LogP) is 3.64. The Labute approximate surface area is 85.4 Å². The smallest absolute Gasteiger partial charge is 0.0636 e. The standard InChI is InChI=1S/C9H10BrNS/c1-11-9-4-7(6-12-2)3-8(10)5-9/h3-5H,1,6H2,2H3. The highest BCUT2D eigenvalue weighted by atomic mass is 79.9. The summed E-state index contributed by atoms with van der Waals surface area (Å²) in [6, 6.07) is 6.11. The minimum atomic E-state index is 0.924. The van der Waals surface area contributed by atoms with E-state index in [-0.39, 0.29) is 0 Å². The molecule has 0 N–H and O–H groups in total. The Bertz CT molecular complexity index is 286. The van der Waals surface area contributed by atoms with Crippen molar-refractivity contribution < 1.29 is 0 Å². The molecule has 0 atom stereocenters. The zero-order valence-corrected chi connectivity index (χ0v) is 9.28. The molecule has 0 aromatic heterocycles. The molecule has 3 heteroatoms. The zero-order valence-electron chi connectivity index (χ0n) is 6.88. The summed E-state index contributed by atoms with van der Waals surface area (Å²) < 4.78 is 1.07. The fraction of sp³-hybridized carbons (Fsp3) is 0.222. The van der Waals surface area contributed by atoms with Crippen LogP contribution < -0.4 is 0 Å². The van der Waals surface area contributed by atoms with Gasteiger partial charge < -0.3 is 0 Å². The van der Waals surface area contributed by atoms with Gasteiger partial charge in [-0.2, -0.15) is 11.8 Å². The van der Waals surface area contributed by atoms with Gasteiger partial charge in [0.2, 0.25) is 0 Å². The van der Waals surface area contributed by atoms with Crippen LogP contribution in [0.3, 0.4) is 0 Å². The minimum absolute atomic E-state index is 0.924. The molecule has 0 radical (unpaired) electrons. The van der Waals surface area contributed by atoms with Gasteiger partial charge >= 0.3 is 0 Å². The molecule has 12 heavy (non-hydrogen) atoms. The van der Waals surface area contributed by atoms with Gasteiger partial charge in [-0.1, -0.05) is 15.9 Å². The average Bonchev–Trinajstić information content (AvgIpc) is 2.04. The van der Waals surface area contributed by atoms with Crippen LogP contribution in [0.25, 0.3) is 0 Å². The molecule has 0 fully saturated rings. The van der Waals surface area contributed by atoms with Gasteiger partial charge in [-0.15, -0.1) is 0 Å². The van der Waals surface area contributed by atoms with E-state index in [0.717, 1.165) is 15.9 Å². The molecule has 0 spiro atoms. The lowest BCUT2D eigenvalue weighted by molar-refractivity contribution is 1.38. The molecule has 0 bridgehead atoms. The normalized spacial score (nSPS) is 9.83. The second-order valence-corrected chi connectivity index (χ2v) is 4.19. The van der Waals surface area contributed by atoms with Crippen molar-refractivity contribution in [2.75, 3.05) is 6.26 Å². The van der Waals surface area contributed by atoms with E-state index in [1.54, 1.807) is 11.8 Å². The number of hydrogen-bond donors (Lipinski definition) is 0. The lowest BCUT2D eigenvalue weighted by Gasteiger charge is -2.01. The fourth-order valence-corrected chi connectivity index (χ4v) is 2.00. The number of benzene rings is 1. The van der Waals surface area contributed by atoms with Gasteiger partial charge in [-0.25, -0.2) is 0 Å². The van der Waals surface area contributed by atoms with Crippen LogP contribution in [0.4, 0.5) is 5.69 Å². The van der Waals surface area contributed by atoms with Crippen LogP contribution in [0.5, 0.6) is 0 Å². The largest absolute Gasteiger partial charge is 0.265 e. The van der Waals surface area contributed by atoms with Crippen molar-refractivity contribution in [3.63, 3.8) is 0 Å². The van der Waals surface area contributed by atoms with Gasteiger partial charge in [-0.3, -0.25) is 4.99 Å². The van der Waals surface area contributed by atoms with Crippen molar-refractivity contribution in [3.05, 3.63) is 28.2 Å². The molecular formula is C9H10BrNS. The number of hydrogen-bond acceptors (Lipinski definition) is 2. The zero-order chi connectivity index (χ0) is 8.97. The van der Waals surface area contributed by atoms with Crippen LogP contribution in [0.1, 0.15) is 5.56 Å². The number of halogens is 1. The van der Waals surface area contributed by atoms with Crippen LogP contribution >= 0.6 is 27.7 Å². The molecule has 0 saturated heterocycles. The molecule has 1 rings (SSSR count). The number of thioether (sulfide) groups is 1. The Kier molecular flexibility index (Phi) is 3.82. The van der Waals surface area contributed by atoms with E-state index in [1.165, 1.54) is 5.56 Å². The molecule has 1 aromatic rings. The van der Waals surface area contributed by atoms with Crippen molar-refractivity contribution in [1.82, 2.24) is 0 Å². The maximum Gasteiger partial charge on any atom is 0.0636 e. The number of nitrogens with zero attached hydrogens (tertiary/aromatic N) is 1. The fourth-order valence-electron chi connectivity index (χ4n) is 0.975. The number of aliphatic imine (C=N–C) groups is 1. The molecule has 0 aliphatic carbocycles. The van der Waals surface area contributed by atoms with Gasteiger partial charge in [0.1, 0.15) is 0 Å². The second-order valence-electron chi connectivity index (χ2n) is 2.41. The summed E-state index contributed by atoms with van der Waals surface area (Å²) >= 11 is 5.23. The Morgan fingerprint density at radius 2 is 2.25 bits per heavy atom. The molecule has 0 amide bonds. The van der Waals surface area contributed by atoms with Crippen LogP contribution in [-0.2, 0) is 5.75 Å². The Hall–Kier alpha value is -0.280. The van der Waals surface area contributed by atoms with Crippen molar-refractivity contribution in [2.45, 2.75) is 5.75 Å². The maximum absolute atomic E-state index is 3.89. The monoisotopic (exact) mass is 243 g/mol. The summed E-state index contributed by atoms with van der Waals surface area (Å²) in [6.07, 6.45) is 2.09.